The first-order valence-corrected chi connectivity index (χ1v) is 3.26. The van der Waals surface area contributed by atoms with Crippen LogP contribution in [-0.4, -0.2) is 42.9 Å². The first-order valence-electron chi connectivity index (χ1n) is 3.26. The average molecular weight is 150 g/mol. The number of hydrogen-bond acceptors (Lipinski definition) is 4. The summed E-state index contributed by atoms with van der Waals surface area (Å²) < 4.78 is 9.86. The normalized spacial score (nSPS) is 18.3. The van der Waals surface area contributed by atoms with Crippen molar-refractivity contribution in [2.45, 2.75) is 13.2 Å². The minimum absolute atomic E-state index is 0.0463. The van der Waals surface area contributed by atoms with Gasteiger partial charge in [-0.2, -0.15) is 0 Å². The molecule has 0 aromatic carbocycles. The van der Waals surface area contributed by atoms with Crippen LogP contribution in [0.1, 0.15) is 6.92 Å². The summed E-state index contributed by atoms with van der Waals surface area (Å²) >= 11 is 0. The van der Waals surface area contributed by atoms with Crippen LogP contribution in [-0.2, 0) is 9.47 Å². The van der Waals surface area contributed by atoms with Gasteiger partial charge >= 0.3 is 0 Å². The van der Waals surface area contributed by atoms with E-state index in [1.807, 2.05) is 6.92 Å². The molecule has 0 radical (unpaired) electrons. The molecule has 10 heavy (non-hydrogen) atoms. The Morgan fingerprint density at radius 2 is 1.60 bits per heavy atom. The fourth-order valence-corrected chi connectivity index (χ4v) is 0.476. The first-order chi connectivity index (χ1) is 4.81. The molecule has 4 nitrogen and oxygen atoms in total. The highest BCUT2D eigenvalue weighted by Crippen LogP contribution is 1.99. The summed E-state index contributed by atoms with van der Waals surface area (Å²) in [5.41, 5.74) is 0. The lowest BCUT2D eigenvalue weighted by molar-refractivity contribution is -0.0254. The molecule has 4 heteroatoms. The van der Waals surface area contributed by atoms with E-state index < -0.39 is 0 Å². The molecule has 0 aromatic heterocycles. The second-order valence-electron chi connectivity index (χ2n) is 1.76. The van der Waals surface area contributed by atoms with Gasteiger partial charge in [-0.3, -0.25) is 0 Å². The largest absolute Gasteiger partial charge is 0.394 e. The fraction of sp³-hybridized carbons (Fsp3) is 1.00. The van der Waals surface area contributed by atoms with E-state index in [2.05, 4.69) is 0 Å². The zero-order valence-electron chi connectivity index (χ0n) is 6.12. The van der Waals surface area contributed by atoms with E-state index in [-0.39, 0.29) is 19.5 Å². The lowest BCUT2D eigenvalue weighted by Crippen LogP contribution is -1.97. The van der Waals surface area contributed by atoms with Crippen LogP contribution in [0, 0.1) is 0 Å². The van der Waals surface area contributed by atoms with Crippen LogP contribution in [0.3, 0.4) is 0 Å². The number of hydrogen-bond donors (Lipinski definition) is 2. The lowest BCUT2D eigenvalue weighted by Gasteiger charge is -1.94. The van der Waals surface area contributed by atoms with Gasteiger partial charge in [0.2, 0.25) is 0 Å². The minimum Gasteiger partial charge on any atom is -0.394 e. The molecular weight excluding hydrogens is 136 g/mol. The summed E-state index contributed by atoms with van der Waals surface area (Å²) in [4.78, 5) is 0. The quantitative estimate of drug-likeness (QED) is 0.521. The summed E-state index contributed by atoms with van der Waals surface area (Å²) in [5, 5.41) is 15.2. The molecule has 1 rings (SSSR count). The molecule has 62 valence electrons. The van der Waals surface area contributed by atoms with Crippen molar-refractivity contribution in [1.29, 1.82) is 0 Å². The van der Waals surface area contributed by atoms with E-state index in [0.29, 0.717) is 0 Å². The van der Waals surface area contributed by atoms with Crippen LogP contribution >= 0.6 is 0 Å². The third-order valence-corrected chi connectivity index (χ3v) is 0.888. The molecule has 1 saturated heterocycles. The summed E-state index contributed by atoms with van der Waals surface area (Å²) in [5.74, 6) is 0. The summed E-state index contributed by atoms with van der Waals surface area (Å²) in [7, 11) is 0. The third kappa shape index (κ3) is 5.97. The molecule has 0 unspecified atom stereocenters. The topological polar surface area (TPSA) is 58.9 Å². The highest BCUT2D eigenvalue weighted by atomic mass is 16.7. The molecule has 0 aliphatic carbocycles. The van der Waals surface area contributed by atoms with Crippen molar-refractivity contribution in [3.63, 3.8) is 0 Å². The zero-order chi connectivity index (χ0) is 7.82. The highest BCUT2D eigenvalue weighted by molar-refractivity contribution is 4.40. The molecule has 0 amide bonds. The van der Waals surface area contributed by atoms with E-state index in [4.69, 9.17) is 19.7 Å². The standard InChI is InChI=1S/C4H8O2.C2H6O2/c1-4-5-2-3-6-4;3-1-2-4/h4H,2-3H2,1H3;3-4H,1-2H2. The molecule has 1 aliphatic rings. The van der Waals surface area contributed by atoms with E-state index in [0.717, 1.165) is 13.2 Å². The number of aliphatic hydroxyl groups excluding tert-OH is 2. The molecule has 0 saturated carbocycles. The SMILES string of the molecule is CC1OCCO1.OCCO. The van der Waals surface area contributed by atoms with Crippen molar-refractivity contribution in [3.05, 3.63) is 0 Å². The van der Waals surface area contributed by atoms with Gasteiger partial charge in [0.1, 0.15) is 0 Å². The molecule has 2 N–H and O–H groups in total. The Labute approximate surface area is 60.4 Å². The Kier molecular flexibility index (Phi) is 6.84. The monoisotopic (exact) mass is 150 g/mol. The van der Waals surface area contributed by atoms with E-state index >= 15 is 0 Å². The van der Waals surface area contributed by atoms with Crippen LogP contribution in [0.4, 0.5) is 0 Å². The lowest BCUT2D eigenvalue weighted by atomic mass is 10.8. The predicted octanol–water partition coefficient (Wildman–Crippen LogP) is -0.650. The number of rotatable bonds is 1. The van der Waals surface area contributed by atoms with Gasteiger partial charge in [0.05, 0.1) is 26.4 Å². The Bertz CT molecular complexity index is 58.8. The summed E-state index contributed by atoms with van der Waals surface area (Å²) in [6, 6.07) is 0. The van der Waals surface area contributed by atoms with Gasteiger partial charge in [0.15, 0.2) is 6.29 Å². The van der Waals surface area contributed by atoms with Crippen molar-refractivity contribution < 1.29 is 19.7 Å². The third-order valence-electron chi connectivity index (χ3n) is 0.888. The molecule has 0 bridgehead atoms. The second-order valence-corrected chi connectivity index (χ2v) is 1.76. The van der Waals surface area contributed by atoms with Gasteiger partial charge in [-0.15, -0.1) is 0 Å². The molecule has 0 spiro atoms. The van der Waals surface area contributed by atoms with Crippen LogP contribution in [0.15, 0.2) is 0 Å². The average Bonchev–Trinajstić information content (AvgIpc) is 2.40. The number of aliphatic hydroxyl groups is 2. The van der Waals surface area contributed by atoms with Gasteiger partial charge in [-0.25, -0.2) is 0 Å². The van der Waals surface area contributed by atoms with E-state index in [9.17, 15) is 0 Å². The van der Waals surface area contributed by atoms with Crippen molar-refractivity contribution in [3.8, 4) is 0 Å². The highest BCUT2D eigenvalue weighted by Gasteiger charge is 2.07. The maximum Gasteiger partial charge on any atom is 0.155 e. The maximum atomic E-state index is 7.62. The zero-order valence-corrected chi connectivity index (χ0v) is 6.12. The fourth-order valence-electron chi connectivity index (χ4n) is 0.476. The molecule has 1 heterocycles. The van der Waals surface area contributed by atoms with Crippen molar-refractivity contribution in [2.24, 2.45) is 0 Å². The molecule has 1 fully saturated rings. The van der Waals surface area contributed by atoms with Crippen LogP contribution in [0.25, 0.3) is 0 Å². The smallest absolute Gasteiger partial charge is 0.155 e. The summed E-state index contributed by atoms with van der Waals surface area (Å²) in [6.45, 7) is 3.18. The van der Waals surface area contributed by atoms with Crippen LogP contribution < -0.4 is 0 Å². The summed E-state index contributed by atoms with van der Waals surface area (Å²) in [6.07, 6.45) is 0.0463. The van der Waals surface area contributed by atoms with Crippen LogP contribution in [0.2, 0.25) is 0 Å². The second kappa shape index (κ2) is 6.95. The molecule has 0 atom stereocenters. The van der Waals surface area contributed by atoms with Gasteiger partial charge in [0, 0.05) is 0 Å². The molecule has 1 aliphatic heterocycles. The Hall–Kier alpha value is -0.160. The molecule has 0 aromatic rings. The Balaban J connectivity index is 0.000000180. The Morgan fingerprint density at radius 1 is 1.20 bits per heavy atom. The maximum absolute atomic E-state index is 7.62. The molecular formula is C6H14O4. The van der Waals surface area contributed by atoms with Gasteiger partial charge in [-0.1, -0.05) is 0 Å². The Morgan fingerprint density at radius 3 is 1.70 bits per heavy atom. The van der Waals surface area contributed by atoms with Crippen molar-refractivity contribution in [2.75, 3.05) is 26.4 Å². The van der Waals surface area contributed by atoms with Gasteiger partial charge in [0.25, 0.3) is 0 Å². The van der Waals surface area contributed by atoms with E-state index in [1.165, 1.54) is 0 Å². The van der Waals surface area contributed by atoms with Gasteiger partial charge in [-0.05, 0) is 6.92 Å². The number of ether oxygens (including phenoxy) is 2. The predicted molar refractivity (Wildman–Crippen MR) is 35.5 cm³/mol. The van der Waals surface area contributed by atoms with Crippen molar-refractivity contribution in [1.82, 2.24) is 0 Å². The first kappa shape index (κ1) is 9.84. The van der Waals surface area contributed by atoms with Crippen molar-refractivity contribution >= 4 is 0 Å². The van der Waals surface area contributed by atoms with E-state index in [1.54, 1.807) is 0 Å². The minimum atomic E-state index is -0.125. The van der Waals surface area contributed by atoms with Crippen LogP contribution in [0.5, 0.6) is 0 Å². The van der Waals surface area contributed by atoms with Gasteiger partial charge < -0.3 is 19.7 Å².